The van der Waals surface area contributed by atoms with Gasteiger partial charge in [-0.25, -0.2) is 0 Å². The summed E-state index contributed by atoms with van der Waals surface area (Å²) < 4.78 is 0. The van der Waals surface area contributed by atoms with E-state index in [2.05, 4.69) is 6.07 Å². The summed E-state index contributed by atoms with van der Waals surface area (Å²) in [5.74, 6) is -1.75. The molecule has 1 fully saturated rings. The first-order chi connectivity index (χ1) is 8.90. The van der Waals surface area contributed by atoms with E-state index >= 15 is 0 Å². The average Bonchev–Trinajstić information content (AvgIpc) is 2.38. The number of likely N-dealkylation sites (tertiary alicyclic amines) is 1. The first kappa shape index (κ1) is 12.6. The van der Waals surface area contributed by atoms with Crippen molar-refractivity contribution < 1.29 is 10.2 Å². The normalized spacial score (nSPS) is 32.5. The van der Waals surface area contributed by atoms with Crippen LogP contribution in [0.4, 0.5) is 0 Å². The molecule has 19 heavy (non-hydrogen) atoms. The van der Waals surface area contributed by atoms with Crippen molar-refractivity contribution >= 4 is 0 Å². The number of hydrogen-bond acceptors (Lipinski definition) is 4. The molecular weight excluding hydrogens is 240 g/mol. The number of rotatable bonds is 0. The lowest BCUT2D eigenvalue weighted by molar-refractivity contribution is -0.270. The van der Waals surface area contributed by atoms with Crippen molar-refractivity contribution in [2.75, 3.05) is 13.6 Å². The van der Waals surface area contributed by atoms with Gasteiger partial charge in [-0.05, 0) is 49.7 Å². The van der Waals surface area contributed by atoms with Crippen LogP contribution in [0.1, 0.15) is 30.0 Å². The van der Waals surface area contributed by atoms with Crippen molar-refractivity contribution in [2.45, 2.75) is 37.0 Å². The van der Waals surface area contributed by atoms with Gasteiger partial charge in [0.05, 0.1) is 17.7 Å². The molecule has 2 aliphatic rings. The van der Waals surface area contributed by atoms with Crippen molar-refractivity contribution in [1.29, 1.82) is 5.26 Å². The molecule has 4 heteroatoms. The number of fused-ring (bicyclic) bond motifs is 4. The van der Waals surface area contributed by atoms with E-state index in [4.69, 9.17) is 5.26 Å². The van der Waals surface area contributed by atoms with Crippen LogP contribution in [0.15, 0.2) is 18.2 Å². The van der Waals surface area contributed by atoms with Gasteiger partial charge in [0.2, 0.25) is 0 Å². The van der Waals surface area contributed by atoms with Gasteiger partial charge in [0, 0.05) is 5.41 Å². The maximum atomic E-state index is 10.6. The molecular formula is C15H18N2O2. The van der Waals surface area contributed by atoms with Gasteiger partial charge in [0.1, 0.15) is 0 Å². The van der Waals surface area contributed by atoms with Crippen LogP contribution in [0.2, 0.25) is 0 Å². The van der Waals surface area contributed by atoms with Crippen LogP contribution in [0.5, 0.6) is 0 Å². The highest BCUT2D eigenvalue weighted by atomic mass is 16.5. The maximum absolute atomic E-state index is 10.6. The lowest BCUT2D eigenvalue weighted by atomic mass is 9.60. The Morgan fingerprint density at radius 3 is 2.84 bits per heavy atom. The van der Waals surface area contributed by atoms with E-state index in [1.54, 1.807) is 6.07 Å². The van der Waals surface area contributed by atoms with E-state index in [1.165, 1.54) is 0 Å². The molecule has 2 unspecified atom stereocenters. The van der Waals surface area contributed by atoms with E-state index in [9.17, 15) is 10.2 Å². The fourth-order valence-corrected chi connectivity index (χ4v) is 3.59. The number of aliphatic hydroxyl groups is 2. The second-order valence-electron chi connectivity index (χ2n) is 5.99. The predicted octanol–water partition coefficient (Wildman–Crippen LogP) is 0.757. The molecule has 3 rings (SSSR count). The van der Waals surface area contributed by atoms with Crippen molar-refractivity contribution in [3.63, 3.8) is 0 Å². The number of benzene rings is 1. The summed E-state index contributed by atoms with van der Waals surface area (Å²) in [5.41, 5.74) is 1.91. The Hall–Kier alpha value is -1.41. The molecule has 100 valence electrons. The summed E-state index contributed by atoms with van der Waals surface area (Å²) in [5, 5.41) is 30.3. The van der Waals surface area contributed by atoms with Gasteiger partial charge in [-0.3, -0.25) is 4.90 Å². The monoisotopic (exact) mass is 258 g/mol. The van der Waals surface area contributed by atoms with Crippen LogP contribution < -0.4 is 0 Å². The van der Waals surface area contributed by atoms with Crippen LogP contribution in [-0.4, -0.2) is 40.5 Å². The van der Waals surface area contributed by atoms with E-state index in [1.807, 2.05) is 31.0 Å². The number of piperidine rings is 1. The number of likely N-dealkylation sites (N-methyl/N-ethyl adjacent to an activating group) is 1. The summed E-state index contributed by atoms with van der Waals surface area (Å²) in [6.45, 7) is 2.73. The van der Waals surface area contributed by atoms with Crippen LogP contribution in [0.25, 0.3) is 0 Å². The summed E-state index contributed by atoms with van der Waals surface area (Å²) in [4.78, 5) is 2.02. The summed E-state index contributed by atoms with van der Waals surface area (Å²) in [6.07, 6.45) is 1.29. The molecule has 0 aromatic heterocycles. The van der Waals surface area contributed by atoms with Gasteiger partial charge in [0.25, 0.3) is 0 Å². The van der Waals surface area contributed by atoms with E-state index in [-0.39, 0.29) is 6.04 Å². The minimum Gasteiger partial charge on any atom is -0.364 e. The molecule has 0 spiro atoms. The molecule has 2 atom stereocenters. The number of nitrogens with zero attached hydrogens (tertiary/aromatic N) is 2. The topological polar surface area (TPSA) is 67.5 Å². The van der Waals surface area contributed by atoms with E-state index in [0.29, 0.717) is 18.4 Å². The molecule has 1 heterocycles. The van der Waals surface area contributed by atoms with Crippen LogP contribution in [-0.2, 0) is 11.8 Å². The minimum absolute atomic E-state index is 0.285. The smallest absolute Gasteiger partial charge is 0.188 e. The summed E-state index contributed by atoms with van der Waals surface area (Å²) >= 11 is 0. The molecule has 1 aliphatic carbocycles. The number of hydrogen-bond donors (Lipinski definition) is 2. The average molecular weight is 258 g/mol. The first-order valence-corrected chi connectivity index (χ1v) is 6.58. The highest BCUT2D eigenvalue weighted by Gasteiger charge is 2.59. The summed E-state index contributed by atoms with van der Waals surface area (Å²) in [6, 6.07) is 7.42. The lowest BCUT2D eigenvalue weighted by Gasteiger charge is -2.57. The van der Waals surface area contributed by atoms with Gasteiger partial charge in [-0.2, -0.15) is 5.26 Å². The van der Waals surface area contributed by atoms with E-state index < -0.39 is 11.2 Å². The second-order valence-corrected chi connectivity index (χ2v) is 5.99. The Balaban J connectivity index is 2.22. The van der Waals surface area contributed by atoms with Gasteiger partial charge in [-0.1, -0.05) is 13.0 Å². The third kappa shape index (κ3) is 1.50. The van der Waals surface area contributed by atoms with Crippen LogP contribution in [0, 0.1) is 11.3 Å². The van der Waals surface area contributed by atoms with Crippen LogP contribution in [0.3, 0.4) is 0 Å². The molecule has 2 N–H and O–H groups in total. The molecule has 0 amide bonds. The Kier molecular flexibility index (Phi) is 2.52. The van der Waals surface area contributed by atoms with Crippen LogP contribution >= 0.6 is 0 Å². The zero-order chi connectivity index (χ0) is 13.8. The zero-order valence-corrected chi connectivity index (χ0v) is 11.2. The van der Waals surface area contributed by atoms with Gasteiger partial charge in [0.15, 0.2) is 5.79 Å². The van der Waals surface area contributed by atoms with Crippen molar-refractivity contribution in [3.8, 4) is 6.07 Å². The molecule has 1 aliphatic heterocycles. The van der Waals surface area contributed by atoms with Gasteiger partial charge < -0.3 is 10.2 Å². The van der Waals surface area contributed by atoms with Crippen molar-refractivity contribution in [1.82, 2.24) is 4.90 Å². The molecule has 1 saturated heterocycles. The maximum Gasteiger partial charge on any atom is 0.188 e. The SMILES string of the molecule is CN1CCC2(C)c3cc(C#N)ccc3CC1C2(O)O. The quantitative estimate of drug-likeness (QED) is 0.674. The third-order valence-electron chi connectivity index (χ3n) is 5.02. The highest BCUT2D eigenvalue weighted by molar-refractivity contribution is 5.47. The first-order valence-electron chi connectivity index (χ1n) is 6.58. The van der Waals surface area contributed by atoms with E-state index in [0.717, 1.165) is 17.7 Å². The highest BCUT2D eigenvalue weighted by Crippen LogP contribution is 2.49. The Morgan fingerprint density at radius 1 is 1.42 bits per heavy atom. The molecule has 1 aromatic carbocycles. The largest absolute Gasteiger partial charge is 0.364 e. The minimum atomic E-state index is -1.75. The Bertz CT molecular complexity index is 576. The lowest BCUT2D eigenvalue weighted by Crippen LogP contribution is -2.69. The van der Waals surface area contributed by atoms with Gasteiger partial charge in [-0.15, -0.1) is 0 Å². The fraction of sp³-hybridized carbons (Fsp3) is 0.533. The molecule has 2 bridgehead atoms. The van der Waals surface area contributed by atoms with Crippen molar-refractivity contribution in [2.24, 2.45) is 0 Å². The standard InChI is InChI=1S/C15H18N2O2/c1-14-5-6-17(2)13(15(14,18)19)8-11-4-3-10(9-16)7-12(11)14/h3-4,7,13,18-19H,5-6,8H2,1-2H3. The number of nitriles is 1. The van der Waals surface area contributed by atoms with Crippen molar-refractivity contribution in [3.05, 3.63) is 34.9 Å². The second kappa shape index (κ2) is 3.80. The third-order valence-corrected chi connectivity index (χ3v) is 5.02. The zero-order valence-electron chi connectivity index (χ0n) is 11.2. The fourth-order valence-electron chi connectivity index (χ4n) is 3.59. The molecule has 0 saturated carbocycles. The molecule has 4 nitrogen and oxygen atoms in total. The predicted molar refractivity (Wildman–Crippen MR) is 70.4 cm³/mol. The Labute approximate surface area is 112 Å². The Morgan fingerprint density at radius 2 is 2.16 bits per heavy atom. The molecule has 0 radical (unpaired) electrons. The van der Waals surface area contributed by atoms with Gasteiger partial charge >= 0.3 is 0 Å². The summed E-state index contributed by atoms with van der Waals surface area (Å²) in [7, 11) is 1.93. The molecule has 1 aromatic rings.